The van der Waals surface area contributed by atoms with Crippen LogP contribution in [-0.2, 0) is 4.79 Å². The van der Waals surface area contributed by atoms with Gasteiger partial charge >= 0.3 is 0 Å². The average molecular weight is 143 g/mol. The van der Waals surface area contributed by atoms with E-state index in [2.05, 4.69) is 5.32 Å². The standard InChI is InChI=1S/C7H13NO2/c9-4-3-8-7(10)5-6-1-2-6/h6,9H,1-5H2,(H,8,10). The molecule has 10 heavy (non-hydrogen) atoms. The highest BCUT2D eigenvalue weighted by Gasteiger charge is 2.23. The third-order valence-corrected chi connectivity index (χ3v) is 1.60. The van der Waals surface area contributed by atoms with Gasteiger partial charge in [-0.15, -0.1) is 0 Å². The molecule has 1 aliphatic rings. The van der Waals surface area contributed by atoms with Crippen LogP contribution in [0.15, 0.2) is 0 Å². The lowest BCUT2D eigenvalue weighted by molar-refractivity contribution is -0.121. The molecule has 1 rings (SSSR count). The van der Waals surface area contributed by atoms with E-state index in [9.17, 15) is 4.79 Å². The smallest absolute Gasteiger partial charge is 0.220 e. The molecular formula is C7H13NO2. The van der Waals surface area contributed by atoms with E-state index in [0.717, 1.165) is 0 Å². The molecule has 0 aromatic carbocycles. The quantitative estimate of drug-likeness (QED) is 0.577. The molecule has 0 radical (unpaired) electrons. The Labute approximate surface area is 60.4 Å². The normalized spacial score (nSPS) is 16.9. The van der Waals surface area contributed by atoms with Crippen LogP contribution in [0.4, 0.5) is 0 Å². The van der Waals surface area contributed by atoms with E-state index in [1.807, 2.05) is 0 Å². The van der Waals surface area contributed by atoms with E-state index in [-0.39, 0.29) is 12.5 Å². The fraction of sp³-hybridized carbons (Fsp3) is 0.857. The number of hydrogen-bond donors (Lipinski definition) is 2. The molecule has 0 aliphatic heterocycles. The molecule has 2 N–H and O–H groups in total. The van der Waals surface area contributed by atoms with Crippen LogP contribution in [0.3, 0.4) is 0 Å². The van der Waals surface area contributed by atoms with Crippen molar-refractivity contribution in [3.63, 3.8) is 0 Å². The van der Waals surface area contributed by atoms with E-state index in [4.69, 9.17) is 5.11 Å². The predicted octanol–water partition coefficient (Wildman–Crippen LogP) is -0.105. The Hall–Kier alpha value is -0.570. The zero-order valence-corrected chi connectivity index (χ0v) is 5.97. The fourth-order valence-electron chi connectivity index (χ4n) is 0.852. The predicted molar refractivity (Wildman–Crippen MR) is 37.4 cm³/mol. The molecule has 0 spiro atoms. The zero-order valence-electron chi connectivity index (χ0n) is 5.97. The summed E-state index contributed by atoms with van der Waals surface area (Å²) >= 11 is 0. The van der Waals surface area contributed by atoms with Crippen molar-refractivity contribution in [1.29, 1.82) is 0 Å². The lowest BCUT2D eigenvalue weighted by atomic mass is 10.3. The number of aliphatic hydroxyl groups excluding tert-OH is 1. The first-order chi connectivity index (χ1) is 4.83. The highest BCUT2D eigenvalue weighted by molar-refractivity contribution is 5.76. The molecule has 1 fully saturated rings. The minimum atomic E-state index is 0.0381. The third kappa shape index (κ3) is 2.82. The molecular weight excluding hydrogens is 130 g/mol. The SMILES string of the molecule is O=C(CC1CC1)NCCO. The second kappa shape index (κ2) is 3.56. The maximum absolute atomic E-state index is 10.8. The Morgan fingerprint density at radius 3 is 2.80 bits per heavy atom. The number of amides is 1. The molecule has 58 valence electrons. The van der Waals surface area contributed by atoms with Crippen LogP contribution in [0.25, 0.3) is 0 Å². The van der Waals surface area contributed by atoms with Crippen LogP contribution in [0.2, 0.25) is 0 Å². The van der Waals surface area contributed by atoms with Crippen molar-refractivity contribution in [3.05, 3.63) is 0 Å². The van der Waals surface area contributed by atoms with E-state index >= 15 is 0 Å². The van der Waals surface area contributed by atoms with Crippen molar-refractivity contribution in [2.24, 2.45) is 5.92 Å². The van der Waals surface area contributed by atoms with Crippen LogP contribution >= 0.6 is 0 Å². The van der Waals surface area contributed by atoms with Crippen molar-refractivity contribution in [3.8, 4) is 0 Å². The minimum absolute atomic E-state index is 0.0381. The van der Waals surface area contributed by atoms with E-state index in [1.165, 1.54) is 12.8 Å². The van der Waals surface area contributed by atoms with E-state index < -0.39 is 0 Å². The van der Waals surface area contributed by atoms with Crippen LogP contribution < -0.4 is 5.32 Å². The molecule has 0 bridgehead atoms. The van der Waals surface area contributed by atoms with Crippen molar-refractivity contribution >= 4 is 5.91 Å². The first-order valence-electron chi connectivity index (χ1n) is 3.70. The number of hydrogen-bond acceptors (Lipinski definition) is 2. The van der Waals surface area contributed by atoms with Gasteiger partial charge in [-0.05, 0) is 18.8 Å². The number of nitrogens with one attached hydrogen (secondary N) is 1. The van der Waals surface area contributed by atoms with Gasteiger partial charge in [0.05, 0.1) is 6.61 Å². The molecule has 0 saturated heterocycles. The van der Waals surface area contributed by atoms with Gasteiger partial charge in [-0.2, -0.15) is 0 Å². The molecule has 1 aliphatic carbocycles. The summed E-state index contributed by atoms with van der Waals surface area (Å²) in [5, 5.41) is 11.0. The highest BCUT2D eigenvalue weighted by atomic mass is 16.3. The molecule has 0 atom stereocenters. The molecule has 3 heteroatoms. The lowest BCUT2D eigenvalue weighted by Gasteiger charge is -1.99. The third-order valence-electron chi connectivity index (χ3n) is 1.60. The number of rotatable bonds is 4. The molecule has 0 aromatic rings. The van der Waals surface area contributed by atoms with Crippen LogP contribution in [0, 0.1) is 5.92 Å². The highest BCUT2D eigenvalue weighted by Crippen LogP contribution is 2.31. The Bertz CT molecular complexity index is 121. The average Bonchev–Trinajstić information content (AvgIpc) is 2.67. The Morgan fingerprint density at radius 2 is 2.30 bits per heavy atom. The maximum atomic E-state index is 10.8. The summed E-state index contributed by atoms with van der Waals surface area (Å²) in [6.45, 7) is 0.433. The fourth-order valence-corrected chi connectivity index (χ4v) is 0.852. The van der Waals surface area contributed by atoms with Gasteiger partial charge in [-0.3, -0.25) is 4.79 Å². The van der Waals surface area contributed by atoms with Gasteiger partial charge in [-0.25, -0.2) is 0 Å². The summed E-state index contributed by atoms with van der Waals surface area (Å²) in [5.41, 5.74) is 0. The van der Waals surface area contributed by atoms with E-state index in [1.54, 1.807) is 0 Å². The summed E-state index contributed by atoms with van der Waals surface area (Å²) in [6.07, 6.45) is 3.05. The van der Waals surface area contributed by atoms with Crippen LogP contribution in [0.1, 0.15) is 19.3 Å². The second-order valence-electron chi connectivity index (χ2n) is 2.72. The zero-order chi connectivity index (χ0) is 7.40. The van der Waals surface area contributed by atoms with Crippen LogP contribution in [-0.4, -0.2) is 24.2 Å². The first-order valence-corrected chi connectivity index (χ1v) is 3.70. The Balaban J connectivity index is 1.97. The minimum Gasteiger partial charge on any atom is -0.395 e. The summed E-state index contributed by atoms with van der Waals surface area (Å²) in [7, 11) is 0. The lowest BCUT2D eigenvalue weighted by Crippen LogP contribution is -2.26. The molecule has 3 nitrogen and oxygen atoms in total. The summed E-state index contributed by atoms with van der Waals surface area (Å²) < 4.78 is 0. The summed E-state index contributed by atoms with van der Waals surface area (Å²) in [5.74, 6) is 0.718. The molecule has 0 heterocycles. The molecule has 1 saturated carbocycles. The van der Waals surface area contributed by atoms with Crippen molar-refractivity contribution in [1.82, 2.24) is 5.32 Å². The van der Waals surface area contributed by atoms with Crippen LogP contribution in [0.5, 0.6) is 0 Å². The number of carbonyl (C=O) groups excluding carboxylic acids is 1. The number of carbonyl (C=O) groups is 1. The van der Waals surface area contributed by atoms with Crippen molar-refractivity contribution < 1.29 is 9.90 Å². The Morgan fingerprint density at radius 1 is 1.60 bits per heavy atom. The number of aliphatic hydroxyl groups is 1. The molecule has 0 unspecified atom stereocenters. The topological polar surface area (TPSA) is 49.3 Å². The van der Waals surface area contributed by atoms with Gasteiger partial charge in [-0.1, -0.05) is 0 Å². The van der Waals surface area contributed by atoms with Gasteiger partial charge in [0.1, 0.15) is 0 Å². The summed E-state index contributed by atoms with van der Waals surface area (Å²) in [6, 6.07) is 0. The van der Waals surface area contributed by atoms with Gasteiger partial charge in [0.15, 0.2) is 0 Å². The Kier molecular flexibility index (Phi) is 2.68. The van der Waals surface area contributed by atoms with E-state index in [0.29, 0.717) is 18.9 Å². The van der Waals surface area contributed by atoms with Gasteiger partial charge < -0.3 is 10.4 Å². The van der Waals surface area contributed by atoms with Gasteiger partial charge in [0, 0.05) is 13.0 Å². The monoisotopic (exact) mass is 143 g/mol. The largest absolute Gasteiger partial charge is 0.395 e. The second-order valence-corrected chi connectivity index (χ2v) is 2.72. The van der Waals surface area contributed by atoms with Crippen molar-refractivity contribution in [2.45, 2.75) is 19.3 Å². The molecule has 1 amide bonds. The first kappa shape index (κ1) is 7.54. The molecule has 0 aromatic heterocycles. The van der Waals surface area contributed by atoms with Crippen molar-refractivity contribution in [2.75, 3.05) is 13.2 Å². The summed E-state index contributed by atoms with van der Waals surface area (Å²) in [4.78, 5) is 10.8. The maximum Gasteiger partial charge on any atom is 0.220 e. The van der Waals surface area contributed by atoms with Gasteiger partial charge in [0.2, 0.25) is 5.91 Å². The van der Waals surface area contributed by atoms with Gasteiger partial charge in [0.25, 0.3) is 0 Å².